The number of carbonyl (C=O) groups excluding carboxylic acids is 2. The molecule has 4 aromatic carbocycles. The normalized spacial score (nSPS) is 10.4. The van der Waals surface area contributed by atoms with Gasteiger partial charge >= 0.3 is 0 Å². The zero-order valence-corrected chi connectivity index (χ0v) is 20.6. The summed E-state index contributed by atoms with van der Waals surface area (Å²) in [7, 11) is 0. The molecular weight excluding hydrogens is 504 g/mol. The van der Waals surface area contributed by atoms with Gasteiger partial charge in [-0.05, 0) is 41.5 Å². The summed E-state index contributed by atoms with van der Waals surface area (Å²) >= 11 is 3.44. The minimum absolute atomic E-state index is 0.265. The van der Waals surface area contributed by atoms with E-state index < -0.39 is 0 Å². The predicted octanol–water partition coefficient (Wildman–Crippen LogP) is 6.25. The van der Waals surface area contributed by atoms with Gasteiger partial charge in [-0.1, -0.05) is 88.7 Å². The maximum Gasteiger partial charge on any atom is 0.259 e. The number of amides is 2. The molecule has 0 aliphatic rings. The Morgan fingerprint density at radius 1 is 0.714 bits per heavy atom. The first-order valence-electron chi connectivity index (χ1n) is 11.3. The molecule has 0 saturated heterocycles. The van der Waals surface area contributed by atoms with Gasteiger partial charge in [-0.3, -0.25) is 9.59 Å². The number of hydrogen-bond acceptors (Lipinski definition) is 3. The molecule has 6 heteroatoms. The van der Waals surface area contributed by atoms with Gasteiger partial charge in [0, 0.05) is 17.4 Å². The van der Waals surface area contributed by atoms with Gasteiger partial charge in [-0.2, -0.15) is 0 Å². The van der Waals surface area contributed by atoms with Crippen LogP contribution in [0.5, 0.6) is 5.75 Å². The lowest BCUT2D eigenvalue weighted by molar-refractivity contribution is 0.0952. The smallest absolute Gasteiger partial charge is 0.259 e. The van der Waals surface area contributed by atoms with E-state index in [0.717, 1.165) is 22.0 Å². The molecule has 0 fully saturated rings. The van der Waals surface area contributed by atoms with Crippen molar-refractivity contribution in [1.82, 2.24) is 5.32 Å². The predicted molar refractivity (Wildman–Crippen MR) is 142 cm³/mol. The molecule has 0 aromatic heterocycles. The number of carbonyl (C=O) groups is 2. The Morgan fingerprint density at radius 3 is 2.11 bits per heavy atom. The van der Waals surface area contributed by atoms with E-state index in [2.05, 4.69) is 26.6 Å². The van der Waals surface area contributed by atoms with Crippen molar-refractivity contribution in [3.05, 3.63) is 130 Å². The van der Waals surface area contributed by atoms with Gasteiger partial charge in [0.2, 0.25) is 0 Å². The minimum atomic E-state index is -0.357. The van der Waals surface area contributed by atoms with Crippen molar-refractivity contribution in [1.29, 1.82) is 0 Å². The van der Waals surface area contributed by atoms with E-state index in [9.17, 15) is 9.59 Å². The first-order valence-corrected chi connectivity index (χ1v) is 12.1. The fraction of sp³-hybridized carbons (Fsp3) is 0.103. The number of hydrogen-bond donors (Lipinski definition) is 2. The number of ether oxygens (including phenoxy) is 1. The monoisotopic (exact) mass is 528 g/mol. The minimum Gasteiger partial charge on any atom is -0.492 e. The fourth-order valence-electron chi connectivity index (χ4n) is 3.58. The molecule has 0 spiro atoms. The Kier molecular flexibility index (Phi) is 8.30. The highest BCUT2D eigenvalue weighted by Crippen LogP contribution is 2.25. The van der Waals surface area contributed by atoms with Crippen LogP contribution >= 0.6 is 15.9 Å². The van der Waals surface area contributed by atoms with Crippen molar-refractivity contribution in [2.75, 3.05) is 11.9 Å². The van der Waals surface area contributed by atoms with E-state index in [1.54, 1.807) is 36.4 Å². The van der Waals surface area contributed by atoms with Crippen LogP contribution in [-0.4, -0.2) is 18.4 Å². The quantitative estimate of drug-likeness (QED) is 0.269. The van der Waals surface area contributed by atoms with Gasteiger partial charge in [0.15, 0.2) is 0 Å². The molecule has 0 heterocycles. The van der Waals surface area contributed by atoms with Crippen LogP contribution in [-0.2, 0) is 13.0 Å². The highest BCUT2D eigenvalue weighted by Gasteiger charge is 2.17. The molecule has 5 nitrogen and oxygen atoms in total. The molecule has 0 unspecified atom stereocenters. The van der Waals surface area contributed by atoms with Gasteiger partial charge in [0.1, 0.15) is 5.75 Å². The third-order valence-corrected chi connectivity index (χ3v) is 5.89. The Morgan fingerprint density at radius 2 is 1.37 bits per heavy atom. The van der Waals surface area contributed by atoms with Gasteiger partial charge in [0.05, 0.1) is 23.4 Å². The summed E-state index contributed by atoms with van der Waals surface area (Å²) in [6.45, 7) is 0.831. The van der Waals surface area contributed by atoms with Crippen molar-refractivity contribution in [3.8, 4) is 5.75 Å². The highest BCUT2D eigenvalue weighted by atomic mass is 79.9. The Labute approximate surface area is 213 Å². The van der Waals surface area contributed by atoms with Crippen LogP contribution in [0.3, 0.4) is 0 Å². The lowest BCUT2D eigenvalue weighted by atomic mass is 10.1. The highest BCUT2D eigenvalue weighted by molar-refractivity contribution is 9.10. The second-order valence-electron chi connectivity index (χ2n) is 7.89. The second-order valence-corrected chi connectivity index (χ2v) is 8.81. The topological polar surface area (TPSA) is 67.4 Å². The van der Waals surface area contributed by atoms with E-state index >= 15 is 0 Å². The average Bonchev–Trinajstić information content (AvgIpc) is 2.89. The molecule has 4 aromatic rings. The van der Waals surface area contributed by atoms with Crippen molar-refractivity contribution in [2.24, 2.45) is 0 Å². The van der Waals surface area contributed by atoms with E-state index in [-0.39, 0.29) is 11.8 Å². The summed E-state index contributed by atoms with van der Waals surface area (Å²) in [4.78, 5) is 26.1. The molecule has 2 amide bonds. The summed E-state index contributed by atoms with van der Waals surface area (Å²) < 4.78 is 6.72. The fourth-order valence-corrected chi connectivity index (χ4v) is 3.94. The van der Waals surface area contributed by atoms with Crippen molar-refractivity contribution in [3.63, 3.8) is 0 Å². The second kappa shape index (κ2) is 12.0. The first kappa shape index (κ1) is 24.2. The third-order valence-electron chi connectivity index (χ3n) is 5.39. The molecular formula is C29H25BrN2O3. The molecule has 0 bridgehead atoms. The van der Waals surface area contributed by atoms with E-state index in [1.807, 2.05) is 66.7 Å². The van der Waals surface area contributed by atoms with Gasteiger partial charge in [-0.15, -0.1) is 0 Å². The van der Waals surface area contributed by atoms with Crippen molar-refractivity contribution >= 4 is 33.4 Å². The number of halogens is 1. The maximum atomic E-state index is 13.2. The summed E-state index contributed by atoms with van der Waals surface area (Å²) in [5.74, 6) is -0.143. The number of benzene rings is 4. The molecule has 0 aliphatic heterocycles. The largest absolute Gasteiger partial charge is 0.492 e. The van der Waals surface area contributed by atoms with Crippen LogP contribution in [0.1, 0.15) is 31.8 Å². The zero-order chi connectivity index (χ0) is 24.5. The number of para-hydroxylation sites is 1. The van der Waals surface area contributed by atoms with Crippen LogP contribution in [0.15, 0.2) is 108 Å². The van der Waals surface area contributed by atoms with Crippen LogP contribution in [0.25, 0.3) is 0 Å². The van der Waals surface area contributed by atoms with E-state index in [1.165, 1.54) is 0 Å². The molecule has 0 atom stereocenters. The number of anilines is 1. The van der Waals surface area contributed by atoms with Crippen LogP contribution in [0, 0.1) is 0 Å². The molecule has 0 saturated carbocycles. The standard InChI is InChI=1S/C29H25BrN2O3/c30-23-15-16-27(35-18-17-21-9-3-1-4-10-21)25(19-23)29(34)32-26-14-8-7-13-24(26)28(33)31-20-22-11-5-2-6-12-22/h1-16,19H,17-18,20H2,(H,31,33)(H,32,34). The third kappa shape index (κ3) is 6.80. The van der Waals surface area contributed by atoms with Gasteiger partial charge in [-0.25, -0.2) is 0 Å². The SMILES string of the molecule is O=C(NCc1ccccc1)c1ccccc1NC(=O)c1cc(Br)ccc1OCCc1ccccc1. The lowest BCUT2D eigenvalue weighted by Crippen LogP contribution is -2.25. The van der Waals surface area contributed by atoms with E-state index in [4.69, 9.17) is 4.74 Å². The van der Waals surface area contributed by atoms with Crippen LogP contribution < -0.4 is 15.4 Å². The maximum absolute atomic E-state index is 13.2. The van der Waals surface area contributed by atoms with Crippen molar-refractivity contribution in [2.45, 2.75) is 13.0 Å². The molecule has 0 radical (unpaired) electrons. The van der Waals surface area contributed by atoms with Crippen LogP contribution in [0.2, 0.25) is 0 Å². The number of rotatable bonds is 9. The van der Waals surface area contributed by atoms with Gasteiger partial charge in [0.25, 0.3) is 11.8 Å². The van der Waals surface area contributed by atoms with Crippen LogP contribution in [0.4, 0.5) is 5.69 Å². The summed E-state index contributed by atoms with van der Waals surface area (Å²) in [6, 6.07) is 32.0. The van der Waals surface area contributed by atoms with Gasteiger partial charge < -0.3 is 15.4 Å². The number of nitrogens with one attached hydrogen (secondary N) is 2. The lowest BCUT2D eigenvalue weighted by Gasteiger charge is -2.14. The Hall–Kier alpha value is -3.90. The molecule has 4 rings (SSSR count). The van der Waals surface area contributed by atoms with E-state index in [0.29, 0.717) is 35.7 Å². The summed E-state index contributed by atoms with van der Waals surface area (Å²) in [5.41, 5.74) is 3.35. The molecule has 35 heavy (non-hydrogen) atoms. The molecule has 0 aliphatic carbocycles. The molecule has 2 N–H and O–H groups in total. The van der Waals surface area contributed by atoms with Crippen molar-refractivity contribution < 1.29 is 14.3 Å². The first-order chi connectivity index (χ1) is 17.1. The Balaban J connectivity index is 1.46. The summed E-state index contributed by atoms with van der Waals surface area (Å²) in [6.07, 6.45) is 0.725. The average molecular weight is 529 g/mol. The summed E-state index contributed by atoms with van der Waals surface area (Å²) in [5, 5.41) is 5.79. The Bertz CT molecular complexity index is 1290. The molecule has 176 valence electrons. The zero-order valence-electron chi connectivity index (χ0n) is 19.0.